The second kappa shape index (κ2) is 5.35. The summed E-state index contributed by atoms with van der Waals surface area (Å²) in [5, 5.41) is 0. The molecule has 1 heterocycles. The van der Waals surface area contributed by atoms with Gasteiger partial charge in [-0.1, -0.05) is 0 Å². The molecule has 0 spiro atoms. The lowest BCUT2D eigenvalue weighted by molar-refractivity contribution is 0.191. The molecule has 0 saturated heterocycles. The number of aromatic amines is 1. The Balaban J connectivity index is 2.69. The summed E-state index contributed by atoms with van der Waals surface area (Å²) in [7, 11) is 1.63. The normalized spacial score (nSPS) is 10.5. The van der Waals surface area contributed by atoms with Gasteiger partial charge in [0.2, 0.25) is 0 Å². The van der Waals surface area contributed by atoms with Crippen LogP contribution in [-0.4, -0.2) is 23.3 Å². The van der Waals surface area contributed by atoms with Crippen LogP contribution in [0.5, 0.6) is 0 Å². The molecule has 3 N–H and O–H groups in total. The van der Waals surface area contributed by atoms with Gasteiger partial charge in [-0.25, -0.2) is 4.79 Å². The Morgan fingerprint density at radius 2 is 2.20 bits per heavy atom. The van der Waals surface area contributed by atoms with Crippen molar-refractivity contribution in [3.05, 3.63) is 26.9 Å². The van der Waals surface area contributed by atoms with Crippen LogP contribution >= 0.6 is 0 Å². The molecule has 0 amide bonds. The number of aromatic nitrogens is 2. The zero-order valence-corrected chi connectivity index (χ0v) is 8.66. The summed E-state index contributed by atoms with van der Waals surface area (Å²) in [6.45, 7) is 1.14. The number of anilines is 1. The van der Waals surface area contributed by atoms with Gasteiger partial charge in [-0.2, -0.15) is 0 Å². The quantitative estimate of drug-likeness (QED) is 0.648. The van der Waals surface area contributed by atoms with E-state index in [-0.39, 0.29) is 5.82 Å². The number of ether oxygens (including phenoxy) is 1. The van der Waals surface area contributed by atoms with E-state index in [2.05, 4.69) is 4.98 Å². The SMILES string of the molecule is COCCCCn1c(N)cc(=O)[nH]c1=O. The Morgan fingerprint density at radius 1 is 1.47 bits per heavy atom. The highest BCUT2D eigenvalue weighted by atomic mass is 16.5. The zero-order valence-electron chi connectivity index (χ0n) is 8.66. The molecule has 0 fully saturated rings. The fraction of sp³-hybridized carbons (Fsp3) is 0.556. The molecule has 1 rings (SSSR count). The van der Waals surface area contributed by atoms with Crippen LogP contribution in [0.25, 0.3) is 0 Å². The number of hydrogen-bond acceptors (Lipinski definition) is 4. The standard InChI is InChI=1S/C9H15N3O3/c1-15-5-3-2-4-12-7(10)6-8(13)11-9(12)14/h6H,2-5,10H2,1H3,(H,11,13,14). The number of nitrogens with two attached hydrogens (primary N) is 1. The van der Waals surface area contributed by atoms with Crippen molar-refractivity contribution < 1.29 is 4.74 Å². The van der Waals surface area contributed by atoms with E-state index in [1.54, 1.807) is 7.11 Å². The number of nitrogen functional groups attached to an aromatic ring is 1. The van der Waals surface area contributed by atoms with E-state index in [1.165, 1.54) is 10.6 Å². The maximum Gasteiger partial charge on any atom is 0.329 e. The van der Waals surface area contributed by atoms with Gasteiger partial charge < -0.3 is 10.5 Å². The Hall–Kier alpha value is -1.56. The van der Waals surface area contributed by atoms with Crippen molar-refractivity contribution in [1.82, 2.24) is 9.55 Å². The Bertz CT molecular complexity index is 421. The van der Waals surface area contributed by atoms with E-state index in [4.69, 9.17) is 10.5 Å². The minimum atomic E-state index is -0.467. The Morgan fingerprint density at radius 3 is 2.80 bits per heavy atom. The van der Waals surface area contributed by atoms with E-state index in [1.807, 2.05) is 0 Å². The highest BCUT2D eigenvalue weighted by Gasteiger charge is 2.01. The highest BCUT2D eigenvalue weighted by Crippen LogP contribution is 1.97. The van der Waals surface area contributed by atoms with Gasteiger partial charge in [0.15, 0.2) is 0 Å². The summed E-state index contributed by atoms with van der Waals surface area (Å²) in [6, 6.07) is 1.21. The van der Waals surface area contributed by atoms with Crippen LogP contribution < -0.4 is 17.0 Å². The summed E-state index contributed by atoms with van der Waals surface area (Å²) in [5.41, 5.74) is 4.62. The number of nitrogens with one attached hydrogen (secondary N) is 1. The lowest BCUT2D eigenvalue weighted by Crippen LogP contribution is -2.31. The third-order valence-corrected chi connectivity index (χ3v) is 2.05. The molecule has 6 nitrogen and oxygen atoms in total. The molecule has 0 aliphatic rings. The number of nitrogens with zero attached hydrogens (tertiary/aromatic N) is 1. The summed E-state index contributed by atoms with van der Waals surface area (Å²) in [4.78, 5) is 24.4. The van der Waals surface area contributed by atoms with Crippen LogP contribution in [0, 0.1) is 0 Å². The first-order valence-corrected chi connectivity index (χ1v) is 4.73. The number of rotatable bonds is 5. The molecule has 1 aromatic rings. The van der Waals surface area contributed by atoms with Crippen molar-refractivity contribution in [2.75, 3.05) is 19.5 Å². The fourth-order valence-electron chi connectivity index (χ4n) is 1.29. The van der Waals surface area contributed by atoms with Crippen molar-refractivity contribution >= 4 is 5.82 Å². The van der Waals surface area contributed by atoms with Gasteiger partial charge in [0.05, 0.1) is 0 Å². The van der Waals surface area contributed by atoms with Gasteiger partial charge in [-0.05, 0) is 12.8 Å². The second-order valence-corrected chi connectivity index (χ2v) is 3.22. The lowest BCUT2D eigenvalue weighted by atomic mass is 10.3. The van der Waals surface area contributed by atoms with Gasteiger partial charge >= 0.3 is 5.69 Å². The topological polar surface area (TPSA) is 90.1 Å². The minimum Gasteiger partial charge on any atom is -0.385 e. The van der Waals surface area contributed by atoms with Crippen LogP contribution in [0.2, 0.25) is 0 Å². The summed E-state index contributed by atoms with van der Waals surface area (Å²) in [5.74, 6) is 0.196. The van der Waals surface area contributed by atoms with E-state index in [0.29, 0.717) is 13.2 Å². The molecular formula is C9H15N3O3. The predicted octanol–water partition coefficient (Wildman–Crippen LogP) is -0.455. The highest BCUT2D eigenvalue weighted by molar-refractivity contribution is 5.25. The number of H-pyrrole nitrogens is 1. The molecule has 0 radical (unpaired) electrons. The molecule has 15 heavy (non-hydrogen) atoms. The van der Waals surface area contributed by atoms with E-state index in [0.717, 1.165) is 12.8 Å². The van der Waals surface area contributed by atoms with Gasteiger partial charge in [-0.3, -0.25) is 14.3 Å². The van der Waals surface area contributed by atoms with Crippen molar-refractivity contribution in [3.63, 3.8) is 0 Å². The molecule has 0 saturated carbocycles. The molecule has 0 aromatic carbocycles. The maximum atomic E-state index is 11.3. The summed E-state index contributed by atoms with van der Waals surface area (Å²) in [6.07, 6.45) is 1.63. The van der Waals surface area contributed by atoms with Crippen LogP contribution in [0.15, 0.2) is 15.7 Å². The van der Waals surface area contributed by atoms with Crippen molar-refractivity contribution in [1.29, 1.82) is 0 Å². The average molecular weight is 213 g/mol. The number of unbranched alkanes of at least 4 members (excludes halogenated alkanes) is 1. The van der Waals surface area contributed by atoms with E-state index >= 15 is 0 Å². The van der Waals surface area contributed by atoms with E-state index < -0.39 is 11.2 Å². The van der Waals surface area contributed by atoms with E-state index in [9.17, 15) is 9.59 Å². The number of methoxy groups -OCH3 is 1. The smallest absolute Gasteiger partial charge is 0.329 e. The molecule has 0 atom stereocenters. The molecule has 0 bridgehead atoms. The predicted molar refractivity (Wildman–Crippen MR) is 56.8 cm³/mol. The largest absolute Gasteiger partial charge is 0.385 e. The van der Waals surface area contributed by atoms with Crippen molar-refractivity contribution in [3.8, 4) is 0 Å². The first kappa shape index (κ1) is 11.5. The van der Waals surface area contributed by atoms with Crippen LogP contribution in [-0.2, 0) is 11.3 Å². The Kier molecular flexibility index (Phi) is 4.11. The summed E-state index contributed by atoms with van der Waals surface area (Å²) < 4.78 is 6.23. The van der Waals surface area contributed by atoms with Gasteiger partial charge in [0.1, 0.15) is 5.82 Å². The van der Waals surface area contributed by atoms with Crippen molar-refractivity contribution in [2.24, 2.45) is 0 Å². The molecule has 84 valence electrons. The molecule has 6 heteroatoms. The Labute approximate surface area is 86.7 Å². The van der Waals surface area contributed by atoms with Gasteiger partial charge in [-0.15, -0.1) is 0 Å². The van der Waals surface area contributed by atoms with Crippen molar-refractivity contribution in [2.45, 2.75) is 19.4 Å². The van der Waals surface area contributed by atoms with Gasteiger partial charge in [0.25, 0.3) is 5.56 Å². The maximum absolute atomic E-state index is 11.3. The monoisotopic (exact) mass is 213 g/mol. The number of hydrogen-bond donors (Lipinski definition) is 2. The second-order valence-electron chi connectivity index (χ2n) is 3.22. The first-order chi connectivity index (χ1) is 7.15. The fourth-order valence-corrected chi connectivity index (χ4v) is 1.29. The molecule has 0 aliphatic heterocycles. The molecular weight excluding hydrogens is 198 g/mol. The molecule has 0 aliphatic carbocycles. The van der Waals surface area contributed by atoms with Crippen LogP contribution in [0.3, 0.4) is 0 Å². The minimum absolute atomic E-state index is 0.196. The third-order valence-electron chi connectivity index (χ3n) is 2.05. The summed E-state index contributed by atoms with van der Waals surface area (Å²) >= 11 is 0. The lowest BCUT2D eigenvalue weighted by Gasteiger charge is -2.07. The van der Waals surface area contributed by atoms with Crippen LogP contribution in [0.4, 0.5) is 5.82 Å². The zero-order chi connectivity index (χ0) is 11.3. The van der Waals surface area contributed by atoms with Crippen LogP contribution in [0.1, 0.15) is 12.8 Å². The van der Waals surface area contributed by atoms with Gasteiger partial charge in [0, 0.05) is 26.3 Å². The first-order valence-electron chi connectivity index (χ1n) is 4.73. The molecule has 0 unspecified atom stereocenters. The molecule has 1 aromatic heterocycles. The average Bonchev–Trinajstić information content (AvgIpc) is 2.15. The third kappa shape index (κ3) is 3.25.